The van der Waals surface area contributed by atoms with E-state index in [1.165, 1.54) is 0 Å². The van der Waals surface area contributed by atoms with Crippen LogP contribution < -0.4 is 9.47 Å². The van der Waals surface area contributed by atoms with Crippen LogP contribution in [0.2, 0.25) is 0 Å². The van der Waals surface area contributed by atoms with Crippen molar-refractivity contribution < 1.29 is 33.3 Å². The summed E-state index contributed by atoms with van der Waals surface area (Å²) in [5, 5.41) is 0. The lowest BCUT2D eigenvalue weighted by atomic mass is 9.92. The van der Waals surface area contributed by atoms with Crippen LogP contribution in [0.25, 0.3) is 0 Å². The Kier molecular flexibility index (Phi) is 9.45. The van der Waals surface area contributed by atoms with Gasteiger partial charge in [-0.25, -0.2) is 9.59 Å². The van der Waals surface area contributed by atoms with E-state index in [4.69, 9.17) is 18.9 Å². The molecule has 1 unspecified atom stereocenters. The molecule has 3 rings (SSSR count). The number of methoxy groups -OCH3 is 2. The SMILES string of the molecule is COc1ccc(CCOC(=O)C2CCCCN2C(=O)C2CCN(C(=O)OC(C)(C)C)CC2)cc1OC. The quantitative estimate of drug-likeness (QED) is 0.521. The van der Waals surface area contributed by atoms with Crippen LogP contribution >= 0.6 is 0 Å². The molecule has 0 saturated carbocycles. The van der Waals surface area contributed by atoms with Gasteiger partial charge in [0.2, 0.25) is 5.91 Å². The highest BCUT2D eigenvalue weighted by atomic mass is 16.6. The zero-order valence-corrected chi connectivity index (χ0v) is 22.2. The molecule has 9 heteroatoms. The number of piperidine rings is 2. The molecule has 2 saturated heterocycles. The van der Waals surface area contributed by atoms with Crippen LogP contribution in [0, 0.1) is 5.92 Å². The van der Waals surface area contributed by atoms with Crippen LogP contribution in [0.4, 0.5) is 4.79 Å². The molecule has 0 spiro atoms. The van der Waals surface area contributed by atoms with E-state index < -0.39 is 11.6 Å². The van der Waals surface area contributed by atoms with Crippen LogP contribution in [0.3, 0.4) is 0 Å². The standard InChI is InChI=1S/C27H40N2O7/c1-27(2,3)36-26(32)28-15-11-20(12-16-28)24(30)29-14-7-6-8-21(29)25(31)35-17-13-19-9-10-22(33-4)23(18-19)34-5/h9-10,18,20-21H,6-8,11-17H2,1-5H3. The minimum absolute atomic E-state index is 0.0135. The fourth-order valence-corrected chi connectivity index (χ4v) is 4.71. The maximum atomic E-state index is 13.4. The summed E-state index contributed by atoms with van der Waals surface area (Å²) in [4.78, 5) is 42.0. The molecule has 0 N–H and O–H groups in total. The number of benzene rings is 1. The number of amides is 2. The van der Waals surface area contributed by atoms with Gasteiger partial charge in [-0.3, -0.25) is 4.79 Å². The Hall–Kier alpha value is -2.97. The molecule has 0 bridgehead atoms. The summed E-state index contributed by atoms with van der Waals surface area (Å²) in [5.74, 6) is 0.702. The molecular weight excluding hydrogens is 464 g/mol. The number of nitrogens with zero attached hydrogens (tertiary/aromatic N) is 2. The third kappa shape index (κ3) is 7.27. The Bertz CT molecular complexity index is 919. The molecule has 2 aliphatic rings. The number of hydrogen-bond donors (Lipinski definition) is 0. The van der Waals surface area contributed by atoms with Crippen LogP contribution in [0.1, 0.15) is 58.4 Å². The molecular formula is C27H40N2O7. The highest BCUT2D eigenvalue weighted by Crippen LogP contribution is 2.28. The molecule has 2 heterocycles. The molecule has 2 aliphatic heterocycles. The van der Waals surface area contributed by atoms with E-state index in [2.05, 4.69) is 0 Å². The smallest absolute Gasteiger partial charge is 0.410 e. The summed E-state index contributed by atoms with van der Waals surface area (Å²) in [7, 11) is 3.17. The normalized spacial score (nSPS) is 19.0. The van der Waals surface area contributed by atoms with Gasteiger partial charge in [0, 0.05) is 32.0 Å². The van der Waals surface area contributed by atoms with Crippen molar-refractivity contribution >= 4 is 18.0 Å². The molecule has 2 fully saturated rings. The number of rotatable bonds is 7. The molecule has 2 amide bonds. The van der Waals surface area contributed by atoms with Crippen LogP contribution in [0.15, 0.2) is 18.2 Å². The lowest BCUT2D eigenvalue weighted by molar-refractivity contribution is -0.159. The van der Waals surface area contributed by atoms with Crippen LogP contribution in [0.5, 0.6) is 11.5 Å². The average Bonchev–Trinajstić information content (AvgIpc) is 2.87. The fourth-order valence-electron chi connectivity index (χ4n) is 4.71. The first-order valence-electron chi connectivity index (χ1n) is 12.8. The van der Waals surface area contributed by atoms with Gasteiger partial charge in [-0.15, -0.1) is 0 Å². The van der Waals surface area contributed by atoms with E-state index >= 15 is 0 Å². The molecule has 0 aromatic heterocycles. The van der Waals surface area contributed by atoms with Gasteiger partial charge < -0.3 is 28.7 Å². The molecule has 200 valence electrons. The number of ether oxygens (including phenoxy) is 4. The van der Waals surface area contributed by atoms with Crippen LogP contribution in [-0.4, -0.2) is 79.9 Å². The van der Waals surface area contributed by atoms with Crippen molar-refractivity contribution in [1.29, 1.82) is 0 Å². The predicted molar refractivity (Wildman–Crippen MR) is 134 cm³/mol. The van der Waals surface area contributed by atoms with Gasteiger partial charge in [0.15, 0.2) is 11.5 Å². The second-order valence-corrected chi connectivity index (χ2v) is 10.4. The molecule has 36 heavy (non-hydrogen) atoms. The van der Waals surface area contributed by atoms with Gasteiger partial charge in [0.1, 0.15) is 11.6 Å². The Morgan fingerprint density at radius 3 is 2.28 bits per heavy atom. The zero-order chi connectivity index (χ0) is 26.3. The van der Waals surface area contributed by atoms with Crippen molar-refractivity contribution in [2.75, 3.05) is 40.5 Å². The van der Waals surface area contributed by atoms with Gasteiger partial charge in [-0.05, 0) is 70.6 Å². The largest absolute Gasteiger partial charge is 0.493 e. The first-order valence-corrected chi connectivity index (χ1v) is 12.8. The summed E-state index contributed by atoms with van der Waals surface area (Å²) in [5.41, 5.74) is 0.415. The third-order valence-corrected chi connectivity index (χ3v) is 6.64. The number of carbonyl (C=O) groups excluding carboxylic acids is 3. The molecule has 0 radical (unpaired) electrons. The van der Waals surface area contributed by atoms with Crippen molar-refractivity contribution in [2.45, 2.75) is 70.9 Å². The van der Waals surface area contributed by atoms with Crippen molar-refractivity contribution in [3.8, 4) is 11.5 Å². The zero-order valence-electron chi connectivity index (χ0n) is 22.2. The fraction of sp³-hybridized carbons (Fsp3) is 0.667. The second-order valence-electron chi connectivity index (χ2n) is 10.4. The summed E-state index contributed by atoms with van der Waals surface area (Å²) >= 11 is 0. The predicted octanol–water partition coefficient (Wildman–Crippen LogP) is 3.82. The van der Waals surface area contributed by atoms with E-state index in [1.807, 2.05) is 39.0 Å². The Morgan fingerprint density at radius 2 is 1.64 bits per heavy atom. The van der Waals surface area contributed by atoms with Crippen molar-refractivity contribution in [3.63, 3.8) is 0 Å². The van der Waals surface area contributed by atoms with Gasteiger partial charge in [-0.2, -0.15) is 0 Å². The van der Waals surface area contributed by atoms with Gasteiger partial charge >= 0.3 is 12.1 Å². The highest BCUT2D eigenvalue weighted by molar-refractivity contribution is 5.86. The maximum Gasteiger partial charge on any atom is 0.410 e. The molecule has 1 aromatic rings. The molecule has 9 nitrogen and oxygen atoms in total. The van der Waals surface area contributed by atoms with E-state index in [-0.39, 0.29) is 30.5 Å². The van der Waals surface area contributed by atoms with E-state index in [0.717, 1.165) is 18.4 Å². The van der Waals surface area contributed by atoms with Gasteiger partial charge in [-0.1, -0.05) is 6.07 Å². The average molecular weight is 505 g/mol. The lowest BCUT2D eigenvalue weighted by Gasteiger charge is -2.39. The molecule has 1 aromatic carbocycles. The Labute approximate surface area is 214 Å². The maximum absolute atomic E-state index is 13.4. The van der Waals surface area contributed by atoms with Crippen molar-refractivity contribution in [1.82, 2.24) is 9.80 Å². The first-order chi connectivity index (χ1) is 17.1. The van der Waals surface area contributed by atoms with Crippen LogP contribution in [-0.2, 0) is 25.5 Å². The Morgan fingerprint density at radius 1 is 0.944 bits per heavy atom. The monoisotopic (exact) mass is 504 g/mol. The minimum Gasteiger partial charge on any atom is -0.493 e. The lowest BCUT2D eigenvalue weighted by Crippen LogP contribution is -2.52. The van der Waals surface area contributed by atoms with Gasteiger partial charge in [0.05, 0.1) is 20.8 Å². The van der Waals surface area contributed by atoms with E-state index in [9.17, 15) is 14.4 Å². The summed E-state index contributed by atoms with van der Waals surface area (Å²) in [6.45, 7) is 7.24. The summed E-state index contributed by atoms with van der Waals surface area (Å²) in [6, 6.07) is 5.05. The number of likely N-dealkylation sites (tertiary alicyclic amines) is 2. The highest BCUT2D eigenvalue weighted by Gasteiger charge is 2.38. The number of hydrogen-bond acceptors (Lipinski definition) is 7. The first kappa shape index (κ1) is 27.6. The minimum atomic E-state index is -0.555. The topological polar surface area (TPSA) is 94.6 Å². The van der Waals surface area contributed by atoms with E-state index in [0.29, 0.717) is 56.8 Å². The number of carbonyl (C=O) groups is 3. The second kappa shape index (κ2) is 12.3. The van der Waals surface area contributed by atoms with Crippen molar-refractivity contribution in [3.05, 3.63) is 23.8 Å². The Balaban J connectivity index is 1.52. The summed E-state index contributed by atoms with van der Waals surface area (Å²) < 4.78 is 21.6. The molecule has 1 atom stereocenters. The van der Waals surface area contributed by atoms with Gasteiger partial charge in [0.25, 0.3) is 0 Å². The summed E-state index contributed by atoms with van der Waals surface area (Å²) in [6.07, 6.45) is 3.69. The third-order valence-electron chi connectivity index (χ3n) is 6.64. The molecule has 0 aliphatic carbocycles. The van der Waals surface area contributed by atoms with E-state index in [1.54, 1.807) is 24.0 Å². The number of esters is 1. The van der Waals surface area contributed by atoms with Crippen molar-refractivity contribution in [2.24, 2.45) is 5.92 Å².